The van der Waals surface area contributed by atoms with Gasteiger partial charge in [-0.05, 0) is 26.0 Å². The Morgan fingerprint density at radius 1 is 1.12 bits per heavy atom. The summed E-state index contributed by atoms with van der Waals surface area (Å²) in [4.78, 5) is 5.59. The molecule has 0 aliphatic rings. The van der Waals surface area contributed by atoms with E-state index in [1.165, 1.54) is 0 Å². The molecule has 0 aliphatic carbocycles. The van der Waals surface area contributed by atoms with Crippen molar-refractivity contribution in [2.45, 2.75) is 13.8 Å². The fourth-order valence-electron chi connectivity index (χ4n) is 1.77. The Morgan fingerprint density at radius 2 is 1.88 bits per heavy atom. The highest BCUT2D eigenvalue weighted by atomic mass is 32.1. The highest BCUT2D eigenvalue weighted by molar-refractivity contribution is 7.15. The minimum atomic E-state index is 0.796. The highest BCUT2D eigenvalue weighted by Crippen LogP contribution is 2.38. The summed E-state index contributed by atoms with van der Waals surface area (Å²) in [5.74, 6) is 1.61. The molecule has 0 saturated carbocycles. The Morgan fingerprint density at radius 3 is 2.41 bits per heavy atom. The molecule has 17 heavy (non-hydrogen) atoms. The molecule has 0 spiro atoms. The van der Waals surface area contributed by atoms with Crippen molar-refractivity contribution >= 4 is 11.3 Å². The predicted molar refractivity (Wildman–Crippen MR) is 70.1 cm³/mol. The fraction of sp³-hybridized carbons (Fsp3) is 0.308. The molecular weight excluding hydrogens is 234 g/mol. The number of aryl methyl sites for hydroxylation is 2. The van der Waals surface area contributed by atoms with E-state index in [-0.39, 0.29) is 0 Å². The van der Waals surface area contributed by atoms with Gasteiger partial charge in [0, 0.05) is 11.6 Å². The van der Waals surface area contributed by atoms with Crippen molar-refractivity contribution in [2.75, 3.05) is 14.2 Å². The van der Waals surface area contributed by atoms with Gasteiger partial charge in [0.2, 0.25) is 0 Å². The van der Waals surface area contributed by atoms with Crippen molar-refractivity contribution in [3.05, 3.63) is 28.9 Å². The maximum Gasteiger partial charge on any atom is 0.131 e. The Bertz CT molecular complexity index is 534. The summed E-state index contributed by atoms with van der Waals surface area (Å²) in [6.07, 6.45) is 0. The molecule has 0 atom stereocenters. The number of hydrogen-bond donors (Lipinski definition) is 0. The van der Waals surface area contributed by atoms with Gasteiger partial charge in [0.25, 0.3) is 0 Å². The van der Waals surface area contributed by atoms with Gasteiger partial charge in [-0.3, -0.25) is 0 Å². The van der Waals surface area contributed by atoms with Crippen LogP contribution >= 0.6 is 11.3 Å². The molecule has 1 aromatic carbocycles. The van der Waals surface area contributed by atoms with E-state index in [0.29, 0.717) is 0 Å². The summed E-state index contributed by atoms with van der Waals surface area (Å²) < 4.78 is 10.6. The molecule has 4 heteroatoms. The molecule has 2 aromatic rings. The molecule has 2 rings (SSSR count). The number of benzene rings is 1. The molecule has 1 heterocycles. The SMILES string of the molecule is COc1ccc(-c2sc(C)nc2C)c(OC)c1. The molecular formula is C13H15NO2S. The largest absolute Gasteiger partial charge is 0.497 e. The van der Waals surface area contributed by atoms with Gasteiger partial charge in [-0.15, -0.1) is 11.3 Å². The molecule has 0 aliphatic heterocycles. The summed E-state index contributed by atoms with van der Waals surface area (Å²) in [5.41, 5.74) is 2.10. The molecule has 0 saturated heterocycles. The average Bonchev–Trinajstić information content (AvgIpc) is 2.67. The fourth-order valence-corrected chi connectivity index (χ4v) is 2.72. The van der Waals surface area contributed by atoms with Crippen LogP contribution in [0.5, 0.6) is 11.5 Å². The second kappa shape index (κ2) is 4.75. The Balaban J connectivity index is 2.55. The third-order valence-corrected chi connectivity index (χ3v) is 3.66. The van der Waals surface area contributed by atoms with E-state index in [2.05, 4.69) is 4.98 Å². The van der Waals surface area contributed by atoms with Crippen molar-refractivity contribution in [1.82, 2.24) is 4.98 Å². The molecule has 0 amide bonds. The maximum atomic E-state index is 5.41. The summed E-state index contributed by atoms with van der Waals surface area (Å²) in [7, 11) is 3.32. The van der Waals surface area contributed by atoms with Crippen molar-refractivity contribution in [1.29, 1.82) is 0 Å². The Hall–Kier alpha value is -1.55. The third kappa shape index (κ3) is 2.26. The van der Waals surface area contributed by atoms with Crippen LogP contribution in [0.4, 0.5) is 0 Å². The maximum absolute atomic E-state index is 5.41. The lowest BCUT2D eigenvalue weighted by molar-refractivity contribution is 0.395. The number of ether oxygens (including phenoxy) is 2. The van der Waals surface area contributed by atoms with E-state index in [0.717, 1.165) is 32.6 Å². The Kier molecular flexibility index (Phi) is 3.33. The van der Waals surface area contributed by atoms with Crippen LogP contribution in [-0.4, -0.2) is 19.2 Å². The summed E-state index contributed by atoms with van der Waals surface area (Å²) in [5, 5.41) is 1.07. The minimum absolute atomic E-state index is 0.796. The Labute approximate surface area is 105 Å². The van der Waals surface area contributed by atoms with Crippen molar-refractivity contribution in [3.63, 3.8) is 0 Å². The quantitative estimate of drug-likeness (QED) is 0.835. The molecule has 0 N–H and O–H groups in total. The van der Waals surface area contributed by atoms with Gasteiger partial charge in [-0.25, -0.2) is 4.98 Å². The van der Waals surface area contributed by atoms with Gasteiger partial charge in [-0.1, -0.05) is 0 Å². The second-order valence-corrected chi connectivity index (χ2v) is 4.92. The zero-order valence-electron chi connectivity index (χ0n) is 10.4. The van der Waals surface area contributed by atoms with E-state index in [1.807, 2.05) is 32.0 Å². The van der Waals surface area contributed by atoms with Crippen LogP contribution in [0, 0.1) is 13.8 Å². The lowest BCUT2D eigenvalue weighted by atomic mass is 10.1. The number of nitrogens with zero attached hydrogens (tertiary/aromatic N) is 1. The lowest BCUT2D eigenvalue weighted by Gasteiger charge is -2.09. The standard InChI is InChI=1S/C13H15NO2S/c1-8-13(17-9(2)14-8)11-6-5-10(15-3)7-12(11)16-4/h5-7H,1-4H3. The first-order chi connectivity index (χ1) is 8.15. The number of hydrogen-bond acceptors (Lipinski definition) is 4. The first-order valence-electron chi connectivity index (χ1n) is 5.32. The van der Waals surface area contributed by atoms with Crippen LogP contribution in [-0.2, 0) is 0 Å². The van der Waals surface area contributed by atoms with Gasteiger partial charge in [0.1, 0.15) is 11.5 Å². The minimum Gasteiger partial charge on any atom is -0.497 e. The summed E-state index contributed by atoms with van der Waals surface area (Å²) in [6.45, 7) is 4.03. The number of aromatic nitrogens is 1. The molecule has 0 radical (unpaired) electrons. The molecule has 0 bridgehead atoms. The molecule has 3 nitrogen and oxygen atoms in total. The molecule has 90 valence electrons. The van der Waals surface area contributed by atoms with E-state index in [4.69, 9.17) is 9.47 Å². The van der Waals surface area contributed by atoms with Crippen molar-refractivity contribution in [3.8, 4) is 21.9 Å². The van der Waals surface area contributed by atoms with Gasteiger partial charge < -0.3 is 9.47 Å². The lowest BCUT2D eigenvalue weighted by Crippen LogP contribution is -1.90. The van der Waals surface area contributed by atoms with Crippen LogP contribution < -0.4 is 9.47 Å². The van der Waals surface area contributed by atoms with Crippen LogP contribution in [0.1, 0.15) is 10.7 Å². The third-order valence-electron chi connectivity index (χ3n) is 2.56. The van der Waals surface area contributed by atoms with Crippen molar-refractivity contribution in [2.24, 2.45) is 0 Å². The number of methoxy groups -OCH3 is 2. The first-order valence-corrected chi connectivity index (χ1v) is 6.13. The van der Waals surface area contributed by atoms with E-state index >= 15 is 0 Å². The molecule has 0 unspecified atom stereocenters. The monoisotopic (exact) mass is 249 g/mol. The smallest absolute Gasteiger partial charge is 0.131 e. The van der Waals surface area contributed by atoms with Crippen LogP contribution in [0.2, 0.25) is 0 Å². The predicted octanol–water partition coefficient (Wildman–Crippen LogP) is 3.44. The van der Waals surface area contributed by atoms with Gasteiger partial charge in [-0.2, -0.15) is 0 Å². The second-order valence-electron chi connectivity index (χ2n) is 3.71. The average molecular weight is 249 g/mol. The summed E-state index contributed by atoms with van der Waals surface area (Å²) in [6, 6.07) is 5.84. The normalized spacial score (nSPS) is 10.4. The number of thiazole rings is 1. The van der Waals surface area contributed by atoms with Gasteiger partial charge in [0.15, 0.2) is 0 Å². The topological polar surface area (TPSA) is 31.4 Å². The first kappa shape index (κ1) is 11.9. The van der Waals surface area contributed by atoms with E-state index in [1.54, 1.807) is 25.6 Å². The zero-order chi connectivity index (χ0) is 12.4. The van der Waals surface area contributed by atoms with E-state index in [9.17, 15) is 0 Å². The highest BCUT2D eigenvalue weighted by Gasteiger charge is 2.13. The van der Waals surface area contributed by atoms with Gasteiger partial charge in [0.05, 0.1) is 29.8 Å². The summed E-state index contributed by atoms with van der Waals surface area (Å²) >= 11 is 1.68. The van der Waals surface area contributed by atoms with Crippen LogP contribution in [0.25, 0.3) is 10.4 Å². The number of rotatable bonds is 3. The molecule has 1 aromatic heterocycles. The van der Waals surface area contributed by atoms with Crippen molar-refractivity contribution < 1.29 is 9.47 Å². The van der Waals surface area contributed by atoms with Crippen LogP contribution in [0.15, 0.2) is 18.2 Å². The van der Waals surface area contributed by atoms with Gasteiger partial charge >= 0.3 is 0 Å². The van der Waals surface area contributed by atoms with E-state index < -0.39 is 0 Å². The van der Waals surface area contributed by atoms with Crippen LogP contribution in [0.3, 0.4) is 0 Å². The zero-order valence-corrected chi connectivity index (χ0v) is 11.2. The molecule has 0 fully saturated rings.